The highest BCUT2D eigenvalue weighted by atomic mass is 16.5. The van der Waals surface area contributed by atoms with E-state index in [0.717, 1.165) is 12.8 Å². The summed E-state index contributed by atoms with van der Waals surface area (Å²) in [6, 6.07) is 0. The molecule has 0 aromatic rings. The Morgan fingerprint density at radius 1 is 1.31 bits per heavy atom. The van der Waals surface area contributed by atoms with Crippen LogP contribution in [0.1, 0.15) is 92.9 Å². The summed E-state index contributed by atoms with van der Waals surface area (Å²) in [5.41, 5.74) is 1.27. The molecular formula is C25H44O4. The van der Waals surface area contributed by atoms with Gasteiger partial charge in [-0.25, -0.2) is 0 Å². The van der Waals surface area contributed by atoms with Crippen molar-refractivity contribution in [2.45, 2.75) is 105 Å². The second-order valence-corrected chi connectivity index (χ2v) is 11.0. The second kappa shape index (κ2) is 9.09. The van der Waals surface area contributed by atoms with Gasteiger partial charge in [-0.3, -0.25) is 4.79 Å². The molecule has 2 N–H and O–H groups in total. The van der Waals surface area contributed by atoms with E-state index in [4.69, 9.17) is 4.74 Å². The monoisotopic (exact) mass is 408 g/mol. The topological polar surface area (TPSA) is 66.8 Å². The van der Waals surface area contributed by atoms with Crippen molar-refractivity contribution in [2.24, 2.45) is 28.6 Å². The van der Waals surface area contributed by atoms with E-state index < -0.39 is 23.6 Å². The highest BCUT2D eigenvalue weighted by Gasteiger charge is 2.48. The average Bonchev–Trinajstić information content (AvgIpc) is 2.66. The van der Waals surface area contributed by atoms with E-state index in [1.165, 1.54) is 26.4 Å². The predicted molar refractivity (Wildman–Crippen MR) is 117 cm³/mol. The summed E-state index contributed by atoms with van der Waals surface area (Å²) >= 11 is 0. The second-order valence-electron chi connectivity index (χ2n) is 11.0. The van der Waals surface area contributed by atoms with E-state index in [2.05, 4.69) is 33.8 Å². The Labute approximate surface area is 178 Å². The maximum Gasteiger partial charge on any atom is 0.311 e. The Hall–Kier alpha value is -0.870. The standard InChI is InChI=1S/C25H44O4/c1-17-10-11-19-20(9-8-13-23(19,3)4)25(17,6)16-15-24(5,28)14-12-21(26)18(2)22(27)29-7/h9,17-19,21,26,28H,8,10-16H2,1-7H3/t17-,18+,19-,21+,24+,25-/m1/s1. The molecule has 168 valence electrons. The quantitative estimate of drug-likeness (QED) is 0.424. The molecule has 4 nitrogen and oxygen atoms in total. The van der Waals surface area contributed by atoms with Gasteiger partial charge >= 0.3 is 5.97 Å². The summed E-state index contributed by atoms with van der Waals surface area (Å²) in [5, 5.41) is 21.3. The number of carbonyl (C=O) groups is 1. The van der Waals surface area contributed by atoms with Gasteiger partial charge in [0.15, 0.2) is 0 Å². The van der Waals surface area contributed by atoms with E-state index in [0.29, 0.717) is 36.5 Å². The zero-order valence-corrected chi connectivity index (χ0v) is 19.8. The lowest BCUT2D eigenvalue weighted by atomic mass is 9.52. The third-order valence-electron chi connectivity index (χ3n) is 8.42. The van der Waals surface area contributed by atoms with Crippen molar-refractivity contribution in [3.05, 3.63) is 11.6 Å². The summed E-state index contributed by atoms with van der Waals surface area (Å²) in [6.45, 7) is 13.2. The van der Waals surface area contributed by atoms with Gasteiger partial charge in [0.1, 0.15) is 0 Å². The van der Waals surface area contributed by atoms with Gasteiger partial charge in [-0.2, -0.15) is 0 Å². The molecule has 4 heteroatoms. The number of carbonyl (C=O) groups excluding carboxylic acids is 1. The van der Waals surface area contributed by atoms with Crippen LogP contribution in [0.2, 0.25) is 0 Å². The molecule has 0 aromatic carbocycles. The highest BCUT2D eigenvalue weighted by molar-refractivity contribution is 5.72. The Kier molecular flexibility index (Phi) is 7.65. The van der Waals surface area contributed by atoms with Crippen LogP contribution in [0.4, 0.5) is 0 Å². The number of aliphatic hydroxyl groups is 2. The van der Waals surface area contributed by atoms with Gasteiger partial charge in [-0.15, -0.1) is 0 Å². The number of ether oxygens (including phenoxy) is 1. The Balaban J connectivity index is 2.02. The number of allylic oxidation sites excluding steroid dienone is 2. The zero-order chi connectivity index (χ0) is 22.0. The predicted octanol–water partition coefficient (Wildman–Crippen LogP) is 5.27. The number of methoxy groups -OCH3 is 1. The first kappa shape index (κ1) is 24.4. The first-order valence-electron chi connectivity index (χ1n) is 11.5. The van der Waals surface area contributed by atoms with Crippen LogP contribution in [0, 0.1) is 28.6 Å². The molecule has 0 aromatic heterocycles. The van der Waals surface area contributed by atoms with Crippen molar-refractivity contribution in [1.82, 2.24) is 0 Å². The molecule has 1 fully saturated rings. The molecule has 29 heavy (non-hydrogen) atoms. The largest absolute Gasteiger partial charge is 0.469 e. The van der Waals surface area contributed by atoms with E-state index >= 15 is 0 Å². The molecule has 0 aliphatic heterocycles. The van der Waals surface area contributed by atoms with Crippen LogP contribution in [-0.4, -0.2) is 35.0 Å². The zero-order valence-electron chi connectivity index (χ0n) is 19.8. The van der Waals surface area contributed by atoms with E-state index in [1.807, 2.05) is 6.92 Å². The van der Waals surface area contributed by atoms with Gasteiger partial charge < -0.3 is 14.9 Å². The lowest BCUT2D eigenvalue weighted by Crippen LogP contribution is -2.44. The SMILES string of the molecule is COC(=O)[C@@H](C)[C@@H](O)CC[C@](C)(O)CC[C@@]1(C)C2=CCCC(C)(C)[C@@H]2CC[C@H]1C. The van der Waals surface area contributed by atoms with Crippen molar-refractivity contribution < 1.29 is 19.7 Å². The van der Waals surface area contributed by atoms with E-state index in [9.17, 15) is 15.0 Å². The number of esters is 1. The maximum atomic E-state index is 11.6. The Bertz CT molecular complexity index is 606. The van der Waals surface area contributed by atoms with Crippen LogP contribution in [0.15, 0.2) is 11.6 Å². The van der Waals surface area contributed by atoms with Crippen LogP contribution >= 0.6 is 0 Å². The molecule has 2 aliphatic carbocycles. The Morgan fingerprint density at radius 2 is 1.97 bits per heavy atom. The molecule has 0 saturated heterocycles. The summed E-state index contributed by atoms with van der Waals surface area (Å²) in [6.07, 6.45) is 9.21. The minimum Gasteiger partial charge on any atom is -0.469 e. The van der Waals surface area contributed by atoms with Gasteiger partial charge in [0.2, 0.25) is 0 Å². The van der Waals surface area contributed by atoms with Gasteiger partial charge in [-0.05, 0) is 87.9 Å². The third-order valence-corrected chi connectivity index (χ3v) is 8.42. The van der Waals surface area contributed by atoms with Gasteiger partial charge in [-0.1, -0.05) is 39.3 Å². The molecular weight excluding hydrogens is 364 g/mol. The van der Waals surface area contributed by atoms with Crippen molar-refractivity contribution in [2.75, 3.05) is 7.11 Å². The summed E-state index contributed by atoms with van der Waals surface area (Å²) in [5.74, 6) is 0.297. The van der Waals surface area contributed by atoms with Crippen LogP contribution in [-0.2, 0) is 9.53 Å². The van der Waals surface area contributed by atoms with Crippen LogP contribution in [0.3, 0.4) is 0 Å². The molecule has 0 unspecified atom stereocenters. The molecule has 0 radical (unpaired) electrons. The van der Waals surface area contributed by atoms with Crippen molar-refractivity contribution in [1.29, 1.82) is 0 Å². The van der Waals surface area contributed by atoms with Gasteiger partial charge in [0.05, 0.1) is 24.7 Å². The number of aliphatic hydroxyl groups excluding tert-OH is 1. The fourth-order valence-electron chi connectivity index (χ4n) is 5.63. The first-order chi connectivity index (χ1) is 13.3. The third kappa shape index (κ3) is 5.44. The fraction of sp³-hybridized carbons (Fsp3) is 0.880. The van der Waals surface area contributed by atoms with E-state index in [1.54, 1.807) is 12.5 Å². The minimum absolute atomic E-state index is 0.128. The van der Waals surface area contributed by atoms with Crippen LogP contribution in [0.5, 0.6) is 0 Å². The number of hydrogen-bond acceptors (Lipinski definition) is 4. The normalized spacial score (nSPS) is 33.1. The van der Waals surface area contributed by atoms with Gasteiger partial charge in [0.25, 0.3) is 0 Å². The molecule has 6 atom stereocenters. The molecule has 2 aliphatic rings. The fourth-order valence-corrected chi connectivity index (χ4v) is 5.63. The summed E-state index contributed by atoms with van der Waals surface area (Å²) in [4.78, 5) is 11.6. The lowest BCUT2D eigenvalue weighted by Gasteiger charge is -2.53. The number of hydrogen-bond donors (Lipinski definition) is 2. The van der Waals surface area contributed by atoms with E-state index in [-0.39, 0.29) is 5.41 Å². The first-order valence-corrected chi connectivity index (χ1v) is 11.5. The number of fused-ring (bicyclic) bond motifs is 1. The minimum atomic E-state index is -0.850. The van der Waals surface area contributed by atoms with Crippen LogP contribution < -0.4 is 0 Å². The number of rotatable bonds is 8. The van der Waals surface area contributed by atoms with Gasteiger partial charge in [0, 0.05) is 0 Å². The molecule has 0 amide bonds. The molecule has 0 spiro atoms. The Morgan fingerprint density at radius 3 is 2.59 bits per heavy atom. The molecule has 0 bridgehead atoms. The van der Waals surface area contributed by atoms with Crippen molar-refractivity contribution >= 4 is 5.97 Å². The van der Waals surface area contributed by atoms with Crippen LogP contribution in [0.25, 0.3) is 0 Å². The average molecular weight is 409 g/mol. The molecule has 0 heterocycles. The summed E-state index contributed by atoms with van der Waals surface area (Å²) in [7, 11) is 1.34. The molecule has 1 saturated carbocycles. The lowest BCUT2D eigenvalue weighted by molar-refractivity contribution is -0.149. The highest BCUT2D eigenvalue weighted by Crippen LogP contribution is 2.58. The summed E-state index contributed by atoms with van der Waals surface area (Å²) < 4.78 is 4.72. The maximum absolute atomic E-state index is 11.6. The molecule has 2 rings (SSSR count). The van der Waals surface area contributed by atoms with Crippen molar-refractivity contribution in [3.63, 3.8) is 0 Å². The smallest absolute Gasteiger partial charge is 0.311 e. The van der Waals surface area contributed by atoms with Crippen molar-refractivity contribution in [3.8, 4) is 0 Å².